The van der Waals surface area contributed by atoms with Crippen molar-refractivity contribution in [1.29, 1.82) is 0 Å². The monoisotopic (exact) mass is 345 g/mol. The molecule has 25 heavy (non-hydrogen) atoms. The summed E-state index contributed by atoms with van der Waals surface area (Å²) in [5, 5.41) is 13.9. The fourth-order valence-corrected chi connectivity index (χ4v) is 3.24. The van der Waals surface area contributed by atoms with E-state index in [2.05, 4.69) is 10.6 Å². The lowest BCUT2D eigenvalue weighted by Crippen LogP contribution is -2.42. The number of carbonyl (C=O) groups is 4. The Hall–Kier alpha value is -2.90. The van der Waals surface area contributed by atoms with Gasteiger partial charge in [-0.1, -0.05) is 12.1 Å². The van der Waals surface area contributed by atoms with Crippen LogP contribution in [-0.2, 0) is 15.1 Å². The highest BCUT2D eigenvalue weighted by Gasteiger charge is 2.43. The number of hydrogen-bond acceptors (Lipinski definition) is 4. The second-order valence-electron chi connectivity index (χ2n) is 6.54. The highest BCUT2D eigenvalue weighted by atomic mass is 16.4. The van der Waals surface area contributed by atoms with Crippen LogP contribution < -0.4 is 10.6 Å². The van der Waals surface area contributed by atoms with Crippen LogP contribution in [0.5, 0.6) is 0 Å². The van der Waals surface area contributed by atoms with Gasteiger partial charge in [0.2, 0.25) is 0 Å². The molecule has 8 nitrogen and oxygen atoms in total. The number of carboxylic acids is 1. The molecule has 2 atom stereocenters. The van der Waals surface area contributed by atoms with Crippen LogP contribution in [-0.4, -0.2) is 46.9 Å². The standard InChI is InChI=1S/C17H19N3O5/c1-17(15(24)18-16(25)19-17)12-6-4-10(5-7-12)13(21)20-8-2-3-11(9-20)14(22)23/h4-7,11H,2-3,8-9H2,1H3,(H,22,23)(H2,18,19,24,25)/t11-,17-/m0/s1. The molecule has 1 aromatic carbocycles. The summed E-state index contributed by atoms with van der Waals surface area (Å²) in [5.74, 6) is -2.10. The van der Waals surface area contributed by atoms with Crippen molar-refractivity contribution in [3.63, 3.8) is 0 Å². The molecule has 0 saturated carbocycles. The Bertz CT molecular complexity index is 745. The SMILES string of the molecule is C[C@@]1(c2ccc(C(=O)N3CCC[C@H](C(=O)O)C3)cc2)NC(=O)NC1=O. The number of nitrogens with one attached hydrogen (secondary N) is 2. The second-order valence-corrected chi connectivity index (χ2v) is 6.54. The maximum absolute atomic E-state index is 12.6. The number of nitrogens with zero attached hydrogens (tertiary/aromatic N) is 1. The summed E-state index contributed by atoms with van der Waals surface area (Å²) in [7, 11) is 0. The van der Waals surface area contributed by atoms with Crippen molar-refractivity contribution in [3.8, 4) is 0 Å². The molecule has 2 aliphatic rings. The number of likely N-dealkylation sites (tertiary alicyclic amines) is 1. The third-order valence-corrected chi connectivity index (χ3v) is 4.81. The Kier molecular flexibility index (Phi) is 4.20. The van der Waals surface area contributed by atoms with Gasteiger partial charge < -0.3 is 15.3 Å². The van der Waals surface area contributed by atoms with Crippen LogP contribution in [0.15, 0.2) is 24.3 Å². The summed E-state index contributed by atoms with van der Waals surface area (Å²) in [6.07, 6.45) is 1.23. The Morgan fingerprint density at radius 3 is 2.48 bits per heavy atom. The number of aliphatic carboxylic acids is 1. The highest BCUT2D eigenvalue weighted by Crippen LogP contribution is 2.25. The van der Waals surface area contributed by atoms with Crippen LogP contribution in [0.3, 0.4) is 0 Å². The molecule has 4 amide bonds. The zero-order valence-electron chi connectivity index (χ0n) is 13.7. The van der Waals surface area contributed by atoms with Crippen molar-refractivity contribution < 1.29 is 24.3 Å². The Labute approximate surface area is 144 Å². The molecule has 0 unspecified atom stereocenters. The molecule has 132 valence electrons. The van der Waals surface area contributed by atoms with Crippen LogP contribution in [0.4, 0.5) is 4.79 Å². The van der Waals surface area contributed by atoms with Crippen molar-refractivity contribution in [3.05, 3.63) is 35.4 Å². The number of urea groups is 1. The fraction of sp³-hybridized carbons (Fsp3) is 0.412. The summed E-state index contributed by atoms with van der Waals surface area (Å²) in [6, 6.07) is 5.87. The highest BCUT2D eigenvalue weighted by molar-refractivity contribution is 6.07. The van der Waals surface area contributed by atoms with Crippen LogP contribution in [0, 0.1) is 5.92 Å². The molecule has 3 N–H and O–H groups in total. The Morgan fingerprint density at radius 2 is 1.92 bits per heavy atom. The maximum Gasteiger partial charge on any atom is 0.322 e. The lowest BCUT2D eigenvalue weighted by atomic mass is 9.91. The van der Waals surface area contributed by atoms with E-state index in [1.54, 1.807) is 36.1 Å². The van der Waals surface area contributed by atoms with E-state index in [0.717, 1.165) is 0 Å². The quantitative estimate of drug-likeness (QED) is 0.697. The lowest BCUT2D eigenvalue weighted by Gasteiger charge is -2.31. The molecular formula is C17H19N3O5. The largest absolute Gasteiger partial charge is 0.481 e. The van der Waals surface area contributed by atoms with Crippen LogP contribution in [0.2, 0.25) is 0 Å². The average Bonchev–Trinajstić information content (AvgIpc) is 2.87. The lowest BCUT2D eigenvalue weighted by molar-refractivity contribution is -0.143. The van der Waals surface area contributed by atoms with Gasteiger partial charge in [-0.3, -0.25) is 19.7 Å². The van der Waals surface area contributed by atoms with E-state index >= 15 is 0 Å². The number of imide groups is 1. The Balaban J connectivity index is 1.76. The van der Waals surface area contributed by atoms with E-state index in [-0.39, 0.29) is 12.5 Å². The fourth-order valence-electron chi connectivity index (χ4n) is 3.24. The number of amides is 4. The molecule has 0 aromatic heterocycles. The molecule has 0 bridgehead atoms. The van der Waals surface area contributed by atoms with E-state index in [1.165, 1.54) is 0 Å². The molecule has 1 aromatic rings. The van der Waals surface area contributed by atoms with Gasteiger partial charge in [0.1, 0.15) is 5.54 Å². The van der Waals surface area contributed by atoms with Crippen LogP contribution in [0.25, 0.3) is 0 Å². The molecule has 0 spiro atoms. The molecule has 2 heterocycles. The summed E-state index contributed by atoms with van der Waals surface area (Å²) >= 11 is 0. The van der Waals surface area contributed by atoms with Crippen molar-refractivity contribution in [2.24, 2.45) is 5.92 Å². The maximum atomic E-state index is 12.6. The zero-order chi connectivity index (χ0) is 18.2. The van der Waals surface area contributed by atoms with Gasteiger partial charge >= 0.3 is 12.0 Å². The molecule has 8 heteroatoms. The first-order chi connectivity index (χ1) is 11.8. The van der Waals surface area contributed by atoms with E-state index in [1.807, 2.05) is 0 Å². The van der Waals surface area contributed by atoms with Gasteiger partial charge in [0.05, 0.1) is 5.92 Å². The second kappa shape index (κ2) is 6.19. The van der Waals surface area contributed by atoms with Gasteiger partial charge in [0.15, 0.2) is 0 Å². The number of benzene rings is 1. The predicted molar refractivity (Wildman–Crippen MR) is 86.7 cm³/mol. The van der Waals surface area contributed by atoms with Crippen molar-refractivity contribution in [2.75, 3.05) is 13.1 Å². The van der Waals surface area contributed by atoms with Crippen LogP contribution >= 0.6 is 0 Å². The third kappa shape index (κ3) is 3.07. The molecule has 0 radical (unpaired) electrons. The topological polar surface area (TPSA) is 116 Å². The van der Waals surface area contributed by atoms with E-state index in [0.29, 0.717) is 30.5 Å². The number of hydrogen-bond donors (Lipinski definition) is 3. The first kappa shape index (κ1) is 16.9. The van der Waals surface area contributed by atoms with E-state index in [4.69, 9.17) is 5.11 Å². The summed E-state index contributed by atoms with van der Waals surface area (Å²) in [6.45, 7) is 2.32. The number of carboxylic acid groups (broad SMARTS) is 1. The van der Waals surface area contributed by atoms with Gasteiger partial charge in [-0.2, -0.15) is 0 Å². The van der Waals surface area contributed by atoms with Gasteiger partial charge in [-0.05, 0) is 37.5 Å². The minimum absolute atomic E-state index is 0.200. The number of piperidine rings is 1. The van der Waals surface area contributed by atoms with Crippen molar-refractivity contribution in [2.45, 2.75) is 25.3 Å². The number of carbonyl (C=O) groups excluding carboxylic acids is 3. The van der Waals surface area contributed by atoms with Crippen molar-refractivity contribution >= 4 is 23.8 Å². The predicted octanol–water partition coefficient (Wildman–Crippen LogP) is 0.678. The Morgan fingerprint density at radius 1 is 1.24 bits per heavy atom. The molecule has 2 aliphatic heterocycles. The van der Waals surface area contributed by atoms with Gasteiger partial charge in [0, 0.05) is 18.7 Å². The third-order valence-electron chi connectivity index (χ3n) is 4.81. The summed E-state index contributed by atoms with van der Waals surface area (Å²) in [4.78, 5) is 48.6. The van der Waals surface area contributed by atoms with Crippen LogP contribution in [0.1, 0.15) is 35.7 Å². The average molecular weight is 345 g/mol. The van der Waals surface area contributed by atoms with E-state index < -0.39 is 29.4 Å². The van der Waals surface area contributed by atoms with E-state index in [9.17, 15) is 19.2 Å². The summed E-state index contributed by atoms with van der Waals surface area (Å²) in [5.41, 5.74) is -0.185. The molecule has 3 rings (SSSR count). The molecule has 2 fully saturated rings. The van der Waals surface area contributed by atoms with Gasteiger partial charge in [0.25, 0.3) is 11.8 Å². The summed E-state index contributed by atoms with van der Waals surface area (Å²) < 4.78 is 0. The molecule has 2 saturated heterocycles. The first-order valence-corrected chi connectivity index (χ1v) is 8.07. The molecule has 0 aliphatic carbocycles. The van der Waals surface area contributed by atoms with Gasteiger partial charge in [-0.15, -0.1) is 0 Å². The van der Waals surface area contributed by atoms with Crippen molar-refractivity contribution in [1.82, 2.24) is 15.5 Å². The minimum Gasteiger partial charge on any atom is -0.481 e. The zero-order valence-corrected chi connectivity index (χ0v) is 13.7. The normalized spacial score (nSPS) is 26.1. The first-order valence-electron chi connectivity index (χ1n) is 8.07. The molecular weight excluding hydrogens is 326 g/mol. The van der Waals surface area contributed by atoms with Gasteiger partial charge in [-0.25, -0.2) is 4.79 Å². The minimum atomic E-state index is -1.17. The smallest absolute Gasteiger partial charge is 0.322 e. The number of rotatable bonds is 3.